The maximum Gasteiger partial charge on any atom is 0.184 e. The van der Waals surface area contributed by atoms with Crippen LogP contribution >= 0.6 is 23.4 Å². The maximum atomic E-state index is 6.25. The first-order chi connectivity index (χ1) is 15.8. The largest absolute Gasteiger partial charge is 0.488 e. The van der Waals surface area contributed by atoms with Gasteiger partial charge in [0.1, 0.15) is 35.2 Å². The molecule has 0 aliphatic carbocycles. The molecule has 0 fully saturated rings. The van der Waals surface area contributed by atoms with Crippen LogP contribution in [0.15, 0.2) is 104 Å². The molecule has 5 nitrogen and oxygen atoms in total. The number of hydrogen-bond donors (Lipinski definition) is 0. The second kappa shape index (κ2) is 9.51. The molecule has 0 unspecified atom stereocenters. The minimum Gasteiger partial charge on any atom is -0.488 e. The summed E-state index contributed by atoms with van der Waals surface area (Å²) in [7, 11) is 0. The van der Waals surface area contributed by atoms with Crippen molar-refractivity contribution in [3.8, 4) is 5.75 Å². The van der Waals surface area contributed by atoms with Gasteiger partial charge in [-0.05, 0) is 42.5 Å². The molecule has 32 heavy (non-hydrogen) atoms. The number of para-hydroxylation sites is 1. The van der Waals surface area contributed by atoms with E-state index in [-0.39, 0.29) is 11.3 Å². The van der Waals surface area contributed by atoms with E-state index in [1.54, 1.807) is 30.5 Å². The first-order valence-corrected chi connectivity index (χ1v) is 11.3. The lowest BCUT2D eigenvalue weighted by Gasteiger charge is -2.11. The predicted octanol–water partition coefficient (Wildman–Crippen LogP) is 7.11. The average Bonchev–Trinajstić information content (AvgIpc) is 3.59. The third-order valence-electron chi connectivity index (χ3n) is 5.00. The zero-order valence-electron chi connectivity index (χ0n) is 16.9. The van der Waals surface area contributed by atoms with Crippen molar-refractivity contribution in [2.24, 2.45) is 9.98 Å². The van der Waals surface area contributed by atoms with E-state index in [4.69, 9.17) is 30.2 Å². The smallest absolute Gasteiger partial charge is 0.184 e. The van der Waals surface area contributed by atoms with Crippen molar-refractivity contribution in [3.63, 3.8) is 0 Å². The van der Waals surface area contributed by atoms with Gasteiger partial charge in [0, 0.05) is 22.4 Å². The molecule has 0 spiro atoms. The van der Waals surface area contributed by atoms with Gasteiger partial charge in [0.2, 0.25) is 0 Å². The molecule has 1 aliphatic rings. The second-order valence-corrected chi connectivity index (χ2v) is 8.62. The Labute approximate surface area is 194 Å². The number of ether oxygens (including phenoxy) is 1. The van der Waals surface area contributed by atoms with Crippen molar-refractivity contribution in [1.29, 1.82) is 0 Å². The average molecular weight is 463 g/mol. The van der Waals surface area contributed by atoms with Gasteiger partial charge in [-0.2, -0.15) is 0 Å². The van der Waals surface area contributed by atoms with Crippen LogP contribution in [0.2, 0.25) is 5.02 Å². The zero-order valence-corrected chi connectivity index (χ0v) is 18.5. The molecule has 0 bridgehead atoms. The number of halogens is 1. The van der Waals surface area contributed by atoms with Crippen LogP contribution in [0.4, 0.5) is 0 Å². The van der Waals surface area contributed by atoms with E-state index < -0.39 is 0 Å². The third-order valence-corrected chi connectivity index (χ3v) is 6.54. The summed E-state index contributed by atoms with van der Waals surface area (Å²) in [6.07, 6.45) is 5.10. The molecule has 0 saturated carbocycles. The highest BCUT2D eigenvalue weighted by molar-refractivity contribution is 8.14. The van der Waals surface area contributed by atoms with Crippen LogP contribution in [0, 0.1) is 0 Å². The van der Waals surface area contributed by atoms with Gasteiger partial charge in [0.15, 0.2) is 5.17 Å². The summed E-state index contributed by atoms with van der Waals surface area (Å²) < 4.78 is 17.3. The Morgan fingerprint density at radius 2 is 1.69 bits per heavy atom. The molecule has 0 radical (unpaired) electrons. The highest BCUT2D eigenvalue weighted by atomic mass is 35.5. The van der Waals surface area contributed by atoms with E-state index in [1.165, 1.54) is 0 Å². The molecule has 7 heteroatoms. The number of thioether (sulfide) groups is 1. The molecule has 0 N–H and O–H groups in total. The van der Waals surface area contributed by atoms with Crippen molar-refractivity contribution in [2.75, 3.05) is 0 Å². The fourth-order valence-electron chi connectivity index (χ4n) is 3.41. The molecule has 2 atom stereocenters. The van der Waals surface area contributed by atoms with Crippen molar-refractivity contribution in [2.45, 2.75) is 17.9 Å². The highest BCUT2D eigenvalue weighted by Gasteiger charge is 2.36. The van der Waals surface area contributed by atoms with Gasteiger partial charge >= 0.3 is 0 Å². The van der Waals surface area contributed by atoms with Crippen molar-refractivity contribution >= 4 is 34.7 Å². The third kappa shape index (κ3) is 4.52. The summed E-state index contributed by atoms with van der Waals surface area (Å²) in [6, 6.07) is 22.8. The van der Waals surface area contributed by atoms with Crippen LogP contribution < -0.4 is 4.74 Å². The molecule has 3 heterocycles. The zero-order chi connectivity index (χ0) is 21.8. The number of rotatable bonds is 6. The Balaban J connectivity index is 1.35. The molecule has 1 aliphatic heterocycles. The molecule has 0 amide bonds. The van der Waals surface area contributed by atoms with Crippen molar-refractivity contribution in [1.82, 2.24) is 0 Å². The summed E-state index contributed by atoms with van der Waals surface area (Å²) in [5, 5.41) is 1.31. The van der Waals surface area contributed by atoms with Crippen LogP contribution in [0.1, 0.15) is 33.9 Å². The predicted molar refractivity (Wildman–Crippen MR) is 128 cm³/mol. The Bertz CT molecular complexity index is 1240. The van der Waals surface area contributed by atoms with Gasteiger partial charge < -0.3 is 13.6 Å². The van der Waals surface area contributed by atoms with E-state index in [9.17, 15) is 0 Å². The summed E-state index contributed by atoms with van der Waals surface area (Å²) in [4.78, 5) is 9.43. The van der Waals surface area contributed by atoms with Crippen molar-refractivity contribution < 1.29 is 13.6 Å². The van der Waals surface area contributed by atoms with Gasteiger partial charge in [0.25, 0.3) is 0 Å². The Kier molecular flexibility index (Phi) is 6.14. The number of furan rings is 2. The quantitative estimate of drug-likeness (QED) is 0.286. The van der Waals surface area contributed by atoms with Crippen LogP contribution in [0.5, 0.6) is 5.75 Å². The molecular formula is C25H19ClN2O3S. The van der Waals surface area contributed by atoms with Gasteiger partial charge in [-0.1, -0.05) is 53.7 Å². The molecule has 2 aromatic heterocycles. The highest BCUT2D eigenvalue weighted by Crippen LogP contribution is 2.49. The number of benzene rings is 2. The van der Waals surface area contributed by atoms with E-state index >= 15 is 0 Å². The number of nitrogens with zero attached hydrogens (tertiary/aromatic N) is 2. The lowest BCUT2D eigenvalue weighted by atomic mass is 10.1. The minimum atomic E-state index is -0.194. The lowest BCUT2D eigenvalue weighted by molar-refractivity contribution is 0.306. The molecule has 2 aromatic carbocycles. The molecule has 160 valence electrons. The van der Waals surface area contributed by atoms with Crippen molar-refractivity contribution in [3.05, 3.63) is 113 Å². The molecular weight excluding hydrogens is 444 g/mol. The number of aliphatic imine (C=N–C) groups is 2. The van der Waals surface area contributed by atoms with Crippen LogP contribution in [-0.2, 0) is 6.61 Å². The normalized spacial score (nSPS) is 18.2. The molecule has 4 aromatic rings. The van der Waals surface area contributed by atoms with E-state index in [2.05, 4.69) is 4.99 Å². The lowest BCUT2D eigenvalue weighted by Crippen LogP contribution is -2.00. The van der Waals surface area contributed by atoms with Gasteiger partial charge in [-0.15, -0.1) is 0 Å². The van der Waals surface area contributed by atoms with Crippen LogP contribution in [-0.4, -0.2) is 11.4 Å². The van der Waals surface area contributed by atoms with Crippen LogP contribution in [0.25, 0.3) is 0 Å². The Hall–Kier alpha value is -3.22. The van der Waals surface area contributed by atoms with E-state index in [0.717, 1.165) is 28.4 Å². The summed E-state index contributed by atoms with van der Waals surface area (Å²) in [5.74, 6) is 2.35. The fraction of sp³-hybridized carbons (Fsp3) is 0.120. The standard InChI is InChI=1S/C25H19ClN2O3S/c26-19-9-3-1-8-18(19)16-31-20-10-4-2-7-17(20)15-27-25-28-23(21-11-5-13-29-21)24(32-25)22-12-6-14-30-22/h1-15,23-24H,16H2/t23-,24-/m1/s1. The first-order valence-electron chi connectivity index (χ1n) is 10.1. The number of amidine groups is 1. The first kappa shape index (κ1) is 20.7. The van der Waals surface area contributed by atoms with Gasteiger partial charge in [0.05, 0.1) is 12.5 Å². The van der Waals surface area contributed by atoms with Crippen LogP contribution in [0.3, 0.4) is 0 Å². The van der Waals surface area contributed by atoms with E-state index in [0.29, 0.717) is 16.8 Å². The summed E-state index contributed by atoms with van der Waals surface area (Å²) in [5.41, 5.74) is 1.79. The van der Waals surface area contributed by atoms with Gasteiger partial charge in [-0.25, -0.2) is 9.98 Å². The Morgan fingerprint density at radius 3 is 2.47 bits per heavy atom. The van der Waals surface area contributed by atoms with Gasteiger partial charge in [-0.3, -0.25) is 0 Å². The second-order valence-electron chi connectivity index (χ2n) is 7.10. The monoisotopic (exact) mass is 462 g/mol. The summed E-state index contributed by atoms with van der Waals surface area (Å²) >= 11 is 7.80. The molecule has 0 saturated heterocycles. The maximum absolute atomic E-state index is 6.25. The minimum absolute atomic E-state index is 0.0324. The Morgan fingerprint density at radius 1 is 0.938 bits per heavy atom. The topological polar surface area (TPSA) is 60.2 Å². The summed E-state index contributed by atoms with van der Waals surface area (Å²) in [6.45, 7) is 0.376. The molecule has 5 rings (SSSR count). The fourth-order valence-corrected chi connectivity index (χ4v) is 4.69. The SMILES string of the molecule is Clc1ccccc1COc1ccccc1C=NC1=N[C@H](c2ccco2)[C@@H](c2ccco2)S1. The van der Waals surface area contributed by atoms with E-state index in [1.807, 2.05) is 72.8 Å². The number of hydrogen-bond acceptors (Lipinski definition) is 6.